The molecule has 3 fully saturated rings. The lowest BCUT2D eigenvalue weighted by atomic mass is 10.2. The average Bonchev–Trinajstić information content (AvgIpc) is 3.07. The van der Waals surface area contributed by atoms with E-state index in [1.54, 1.807) is 0 Å². The van der Waals surface area contributed by atoms with Crippen molar-refractivity contribution >= 4 is 11.8 Å². The summed E-state index contributed by atoms with van der Waals surface area (Å²) in [6.45, 7) is 4.41. The molecular weight excluding hydrogens is 387 g/mol. The SMILES string of the molecule is O=C(NCC1C2CN(CC(=O)N3CCCC3)CC12)c1cccc(OC(F)(F)F)c1. The fraction of sp³-hybridized carbons (Fsp3) is 0.600. The molecule has 158 valence electrons. The molecule has 9 heteroatoms. The summed E-state index contributed by atoms with van der Waals surface area (Å²) >= 11 is 0. The highest BCUT2D eigenvalue weighted by atomic mass is 19.4. The number of nitrogens with zero attached hydrogens (tertiary/aromatic N) is 2. The second-order valence-electron chi connectivity index (χ2n) is 8.06. The minimum atomic E-state index is -4.79. The third-order valence-corrected chi connectivity index (χ3v) is 6.09. The Morgan fingerprint density at radius 1 is 1.14 bits per heavy atom. The average molecular weight is 411 g/mol. The molecule has 4 rings (SSSR count). The number of nitrogens with one attached hydrogen (secondary N) is 1. The van der Waals surface area contributed by atoms with Gasteiger partial charge in [-0.05, 0) is 48.8 Å². The molecule has 2 unspecified atom stereocenters. The van der Waals surface area contributed by atoms with Crippen LogP contribution in [0.25, 0.3) is 0 Å². The number of likely N-dealkylation sites (tertiary alicyclic amines) is 2. The van der Waals surface area contributed by atoms with Gasteiger partial charge in [0.2, 0.25) is 5.91 Å². The Bertz CT molecular complexity index is 768. The number of hydrogen-bond donors (Lipinski definition) is 1. The molecule has 3 aliphatic rings. The van der Waals surface area contributed by atoms with Crippen molar-refractivity contribution in [3.05, 3.63) is 29.8 Å². The summed E-state index contributed by atoms with van der Waals surface area (Å²) in [5.41, 5.74) is 0.135. The van der Waals surface area contributed by atoms with Crippen LogP contribution in [0, 0.1) is 17.8 Å². The number of hydrogen-bond acceptors (Lipinski definition) is 4. The van der Waals surface area contributed by atoms with Gasteiger partial charge in [-0.15, -0.1) is 13.2 Å². The standard InChI is InChI=1S/C20H24F3N3O3/c21-20(22,23)29-14-5-3-4-13(8-14)19(28)24-9-15-16-10-25(11-17(15)16)12-18(27)26-6-1-2-7-26/h3-5,8,15-17H,1-2,6-7,9-12H2,(H,24,28). The zero-order valence-electron chi connectivity index (χ0n) is 16.0. The molecule has 0 bridgehead atoms. The third-order valence-electron chi connectivity index (χ3n) is 6.09. The highest BCUT2D eigenvalue weighted by Gasteiger charge is 2.55. The van der Waals surface area contributed by atoms with Crippen molar-refractivity contribution in [2.75, 3.05) is 39.3 Å². The van der Waals surface area contributed by atoms with Crippen LogP contribution in [-0.4, -0.2) is 67.2 Å². The van der Waals surface area contributed by atoms with Gasteiger partial charge in [0.15, 0.2) is 0 Å². The Labute approximate surface area is 167 Å². The molecule has 0 spiro atoms. The predicted octanol–water partition coefficient (Wildman–Crippen LogP) is 2.12. The van der Waals surface area contributed by atoms with Crippen molar-refractivity contribution in [2.24, 2.45) is 17.8 Å². The Hall–Kier alpha value is -2.29. The molecule has 2 atom stereocenters. The number of carbonyl (C=O) groups excluding carboxylic acids is 2. The number of rotatable bonds is 6. The fourth-order valence-electron chi connectivity index (χ4n) is 4.57. The highest BCUT2D eigenvalue weighted by Crippen LogP contribution is 2.51. The van der Waals surface area contributed by atoms with Crippen LogP contribution in [0.5, 0.6) is 5.75 Å². The van der Waals surface area contributed by atoms with Crippen LogP contribution in [0.4, 0.5) is 13.2 Å². The van der Waals surface area contributed by atoms with E-state index in [1.165, 1.54) is 12.1 Å². The number of piperidine rings is 1. The first-order chi connectivity index (χ1) is 13.8. The van der Waals surface area contributed by atoms with E-state index >= 15 is 0 Å². The van der Waals surface area contributed by atoms with E-state index in [2.05, 4.69) is 15.0 Å². The number of benzene rings is 1. The van der Waals surface area contributed by atoms with Crippen molar-refractivity contribution in [1.82, 2.24) is 15.1 Å². The first-order valence-electron chi connectivity index (χ1n) is 9.94. The fourth-order valence-corrected chi connectivity index (χ4v) is 4.57. The summed E-state index contributed by atoms with van der Waals surface area (Å²) in [7, 11) is 0. The summed E-state index contributed by atoms with van der Waals surface area (Å²) in [6.07, 6.45) is -2.61. The van der Waals surface area contributed by atoms with Gasteiger partial charge < -0.3 is 15.0 Å². The van der Waals surface area contributed by atoms with E-state index < -0.39 is 18.0 Å². The van der Waals surface area contributed by atoms with E-state index in [0.717, 1.165) is 51.2 Å². The van der Waals surface area contributed by atoms with Crippen LogP contribution in [0.1, 0.15) is 23.2 Å². The van der Waals surface area contributed by atoms with Gasteiger partial charge in [-0.1, -0.05) is 6.07 Å². The molecule has 2 saturated heterocycles. The second kappa shape index (κ2) is 7.85. The lowest BCUT2D eigenvalue weighted by molar-refractivity contribution is -0.274. The van der Waals surface area contributed by atoms with Gasteiger partial charge >= 0.3 is 6.36 Å². The van der Waals surface area contributed by atoms with Crippen molar-refractivity contribution < 1.29 is 27.5 Å². The molecule has 1 saturated carbocycles. The molecule has 1 aromatic rings. The van der Waals surface area contributed by atoms with Crippen LogP contribution in [0.2, 0.25) is 0 Å². The Kier molecular flexibility index (Phi) is 5.42. The molecule has 2 amide bonds. The molecule has 1 N–H and O–H groups in total. The van der Waals surface area contributed by atoms with Gasteiger partial charge in [-0.3, -0.25) is 14.5 Å². The first kappa shape index (κ1) is 20.0. The van der Waals surface area contributed by atoms with Crippen LogP contribution in [-0.2, 0) is 4.79 Å². The summed E-state index contributed by atoms with van der Waals surface area (Å²) in [5.74, 6) is 0.694. The van der Waals surface area contributed by atoms with Crippen LogP contribution >= 0.6 is 0 Å². The molecule has 2 heterocycles. The zero-order chi connectivity index (χ0) is 20.6. The van der Waals surface area contributed by atoms with Gasteiger partial charge in [-0.2, -0.15) is 0 Å². The maximum atomic E-state index is 12.3. The smallest absolute Gasteiger partial charge is 0.406 e. The van der Waals surface area contributed by atoms with Crippen LogP contribution in [0.3, 0.4) is 0 Å². The van der Waals surface area contributed by atoms with Gasteiger partial charge in [0.25, 0.3) is 5.91 Å². The monoisotopic (exact) mass is 411 g/mol. The van der Waals surface area contributed by atoms with E-state index in [4.69, 9.17) is 0 Å². The summed E-state index contributed by atoms with van der Waals surface area (Å²) in [6, 6.07) is 5.06. The Morgan fingerprint density at radius 2 is 1.83 bits per heavy atom. The molecule has 0 aromatic heterocycles. The van der Waals surface area contributed by atoms with Crippen LogP contribution in [0.15, 0.2) is 24.3 Å². The quantitative estimate of drug-likeness (QED) is 0.779. The van der Waals surface area contributed by atoms with E-state index in [9.17, 15) is 22.8 Å². The van der Waals surface area contributed by atoms with E-state index in [-0.39, 0.29) is 11.5 Å². The van der Waals surface area contributed by atoms with Gasteiger partial charge in [0, 0.05) is 38.3 Å². The molecule has 29 heavy (non-hydrogen) atoms. The second-order valence-corrected chi connectivity index (χ2v) is 8.06. The number of amides is 2. The molecule has 2 aliphatic heterocycles. The Balaban J connectivity index is 1.20. The third kappa shape index (κ3) is 4.83. The van der Waals surface area contributed by atoms with E-state index in [1.807, 2.05) is 4.90 Å². The van der Waals surface area contributed by atoms with E-state index in [0.29, 0.717) is 30.8 Å². The lowest BCUT2D eigenvalue weighted by Crippen LogP contribution is -2.39. The normalized spacial score (nSPS) is 26.3. The van der Waals surface area contributed by atoms with Crippen molar-refractivity contribution in [3.63, 3.8) is 0 Å². The number of fused-ring (bicyclic) bond motifs is 1. The number of alkyl halides is 3. The Morgan fingerprint density at radius 3 is 2.48 bits per heavy atom. The number of ether oxygens (including phenoxy) is 1. The summed E-state index contributed by atoms with van der Waals surface area (Å²) < 4.78 is 40.8. The molecular formula is C20H24F3N3O3. The minimum Gasteiger partial charge on any atom is -0.406 e. The largest absolute Gasteiger partial charge is 0.573 e. The van der Waals surface area contributed by atoms with Crippen molar-refractivity contribution in [1.29, 1.82) is 0 Å². The molecule has 1 aromatic carbocycles. The number of carbonyl (C=O) groups is 2. The lowest BCUT2D eigenvalue weighted by Gasteiger charge is -2.22. The zero-order valence-corrected chi connectivity index (χ0v) is 16.0. The minimum absolute atomic E-state index is 0.135. The maximum Gasteiger partial charge on any atom is 0.573 e. The molecule has 0 radical (unpaired) electrons. The topological polar surface area (TPSA) is 61.9 Å². The summed E-state index contributed by atoms with van der Waals surface area (Å²) in [5, 5.41) is 2.81. The molecule has 1 aliphatic carbocycles. The van der Waals surface area contributed by atoms with Crippen molar-refractivity contribution in [2.45, 2.75) is 19.2 Å². The summed E-state index contributed by atoms with van der Waals surface area (Å²) in [4.78, 5) is 28.6. The van der Waals surface area contributed by atoms with Gasteiger partial charge in [-0.25, -0.2) is 0 Å². The van der Waals surface area contributed by atoms with Gasteiger partial charge in [0.05, 0.1) is 6.54 Å². The maximum absolute atomic E-state index is 12.3. The predicted molar refractivity (Wildman–Crippen MR) is 98.2 cm³/mol. The molecule has 6 nitrogen and oxygen atoms in total. The van der Waals surface area contributed by atoms with Gasteiger partial charge in [0.1, 0.15) is 5.75 Å². The first-order valence-corrected chi connectivity index (χ1v) is 9.94. The highest BCUT2D eigenvalue weighted by molar-refractivity contribution is 5.94. The number of halogens is 3. The van der Waals surface area contributed by atoms with Crippen LogP contribution < -0.4 is 10.1 Å². The van der Waals surface area contributed by atoms with Crippen molar-refractivity contribution in [3.8, 4) is 5.75 Å².